The van der Waals surface area contributed by atoms with Crippen molar-refractivity contribution in [1.29, 1.82) is 0 Å². The number of rotatable bonds is 6. The Kier molecular flexibility index (Phi) is 5.66. The first-order valence-corrected chi connectivity index (χ1v) is 4.10. The molecule has 0 saturated carbocycles. The third kappa shape index (κ3) is 7.50. The van der Waals surface area contributed by atoms with Gasteiger partial charge in [-0.15, -0.1) is 0 Å². The van der Waals surface area contributed by atoms with Gasteiger partial charge >= 0.3 is 5.97 Å². The molecular weight excluding hydrogens is 160 g/mol. The summed E-state index contributed by atoms with van der Waals surface area (Å²) in [5, 5.41) is 26.2. The molecule has 2 unspecified atom stereocenters. The van der Waals surface area contributed by atoms with Crippen LogP contribution in [0.2, 0.25) is 0 Å². The van der Waals surface area contributed by atoms with Crippen LogP contribution in [-0.2, 0) is 4.79 Å². The SMILES string of the molecule is CC(O)CCCC(O)CC(=O)O. The maximum Gasteiger partial charge on any atom is 0.305 e. The molecule has 0 radical (unpaired) electrons. The minimum atomic E-state index is -0.987. The highest BCUT2D eigenvalue weighted by molar-refractivity contribution is 5.67. The molecule has 0 bridgehead atoms. The molecule has 4 heteroatoms. The third-order valence-corrected chi connectivity index (χ3v) is 1.57. The average molecular weight is 176 g/mol. The van der Waals surface area contributed by atoms with Gasteiger partial charge in [0.05, 0.1) is 18.6 Å². The fraction of sp³-hybridized carbons (Fsp3) is 0.875. The molecule has 0 aliphatic rings. The topological polar surface area (TPSA) is 77.8 Å². The van der Waals surface area contributed by atoms with Crippen molar-refractivity contribution in [3.8, 4) is 0 Å². The molecule has 0 fully saturated rings. The molecule has 4 nitrogen and oxygen atoms in total. The Morgan fingerprint density at radius 3 is 2.33 bits per heavy atom. The van der Waals surface area contributed by atoms with Crippen molar-refractivity contribution in [2.24, 2.45) is 0 Å². The zero-order valence-electron chi connectivity index (χ0n) is 7.23. The highest BCUT2D eigenvalue weighted by Gasteiger charge is 2.09. The molecule has 0 heterocycles. The van der Waals surface area contributed by atoms with E-state index >= 15 is 0 Å². The van der Waals surface area contributed by atoms with E-state index in [2.05, 4.69) is 0 Å². The molecule has 0 amide bonds. The first-order valence-electron chi connectivity index (χ1n) is 4.10. The van der Waals surface area contributed by atoms with Gasteiger partial charge in [-0.1, -0.05) is 0 Å². The predicted octanol–water partition coefficient (Wildman–Crippen LogP) is 0.373. The Bertz CT molecular complexity index is 133. The molecule has 2 atom stereocenters. The summed E-state index contributed by atoms with van der Waals surface area (Å²) >= 11 is 0. The molecular formula is C8H16O4. The molecule has 12 heavy (non-hydrogen) atoms. The normalized spacial score (nSPS) is 15.6. The van der Waals surface area contributed by atoms with Crippen molar-refractivity contribution >= 4 is 5.97 Å². The largest absolute Gasteiger partial charge is 0.481 e. The lowest BCUT2D eigenvalue weighted by molar-refractivity contribution is -0.139. The predicted molar refractivity (Wildman–Crippen MR) is 43.8 cm³/mol. The molecule has 0 aromatic heterocycles. The molecule has 0 aromatic rings. The highest BCUT2D eigenvalue weighted by Crippen LogP contribution is 2.06. The average Bonchev–Trinajstić information content (AvgIpc) is 1.84. The van der Waals surface area contributed by atoms with Gasteiger partial charge in [-0.2, -0.15) is 0 Å². The summed E-state index contributed by atoms with van der Waals surface area (Å²) < 4.78 is 0. The van der Waals surface area contributed by atoms with Gasteiger partial charge in [-0.05, 0) is 26.2 Å². The number of carboxylic acid groups (broad SMARTS) is 1. The Morgan fingerprint density at radius 1 is 1.33 bits per heavy atom. The Hall–Kier alpha value is -0.610. The second-order valence-electron chi connectivity index (χ2n) is 3.03. The maximum absolute atomic E-state index is 10.1. The lowest BCUT2D eigenvalue weighted by Crippen LogP contribution is -2.13. The number of aliphatic carboxylic acids is 1. The summed E-state index contributed by atoms with van der Waals surface area (Å²) in [6.45, 7) is 1.67. The van der Waals surface area contributed by atoms with Crippen LogP contribution in [0, 0.1) is 0 Å². The summed E-state index contributed by atoms with van der Waals surface area (Å²) in [6, 6.07) is 0. The number of aliphatic hydroxyl groups excluding tert-OH is 2. The van der Waals surface area contributed by atoms with Crippen molar-refractivity contribution in [3.63, 3.8) is 0 Å². The quantitative estimate of drug-likeness (QED) is 0.546. The van der Waals surface area contributed by atoms with E-state index in [-0.39, 0.29) is 12.5 Å². The van der Waals surface area contributed by atoms with Gasteiger partial charge in [-0.3, -0.25) is 4.79 Å². The van der Waals surface area contributed by atoms with Crippen LogP contribution in [0.4, 0.5) is 0 Å². The molecule has 0 saturated heterocycles. The maximum atomic E-state index is 10.1. The van der Waals surface area contributed by atoms with Gasteiger partial charge in [0.1, 0.15) is 0 Å². The van der Waals surface area contributed by atoms with E-state index < -0.39 is 12.1 Å². The lowest BCUT2D eigenvalue weighted by atomic mass is 10.1. The first kappa shape index (κ1) is 11.4. The number of hydrogen-bond acceptors (Lipinski definition) is 3. The van der Waals surface area contributed by atoms with Gasteiger partial charge in [-0.25, -0.2) is 0 Å². The minimum Gasteiger partial charge on any atom is -0.481 e. The van der Waals surface area contributed by atoms with Gasteiger partial charge in [0, 0.05) is 0 Å². The molecule has 0 rings (SSSR count). The van der Waals surface area contributed by atoms with E-state index in [0.717, 1.165) is 0 Å². The fourth-order valence-corrected chi connectivity index (χ4v) is 0.953. The van der Waals surface area contributed by atoms with Crippen LogP contribution in [0.3, 0.4) is 0 Å². The van der Waals surface area contributed by atoms with Gasteiger partial charge in [0.25, 0.3) is 0 Å². The standard InChI is InChI=1S/C8H16O4/c1-6(9)3-2-4-7(10)5-8(11)12/h6-7,9-10H,2-5H2,1H3,(H,11,12). The zero-order valence-corrected chi connectivity index (χ0v) is 7.23. The van der Waals surface area contributed by atoms with E-state index in [1.54, 1.807) is 6.92 Å². The number of carboxylic acids is 1. The Morgan fingerprint density at radius 2 is 1.92 bits per heavy atom. The summed E-state index contributed by atoms with van der Waals surface area (Å²) in [6.07, 6.45) is 0.350. The van der Waals surface area contributed by atoms with Crippen LogP contribution in [0.25, 0.3) is 0 Å². The number of hydrogen-bond donors (Lipinski definition) is 3. The summed E-state index contributed by atoms with van der Waals surface area (Å²) in [5.74, 6) is -0.987. The molecule has 3 N–H and O–H groups in total. The fourth-order valence-electron chi connectivity index (χ4n) is 0.953. The van der Waals surface area contributed by atoms with Crippen molar-refractivity contribution < 1.29 is 20.1 Å². The number of aliphatic hydroxyl groups is 2. The van der Waals surface area contributed by atoms with Crippen molar-refractivity contribution in [2.45, 2.75) is 44.8 Å². The van der Waals surface area contributed by atoms with Crippen LogP contribution in [0.1, 0.15) is 32.6 Å². The second-order valence-corrected chi connectivity index (χ2v) is 3.03. The first-order chi connectivity index (χ1) is 5.52. The van der Waals surface area contributed by atoms with E-state index in [4.69, 9.17) is 15.3 Å². The van der Waals surface area contributed by atoms with Crippen LogP contribution in [-0.4, -0.2) is 33.5 Å². The highest BCUT2D eigenvalue weighted by atomic mass is 16.4. The van der Waals surface area contributed by atoms with Crippen molar-refractivity contribution in [1.82, 2.24) is 0 Å². The molecule has 0 aromatic carbocycles. The van der Waals surface area contributed by atoms with E-state index in [0.29, 0.717) is 19.3 Å². The van der Waals surface area contributed by atoms with Crippen LogP contribution in [0.15, 0.2) is 0 Å². The zero-order chi connectivity index (χ0) is 9.56. The van der Waals surface area contributed by atoms with Crippen LogP contribution in [0.5, 0.6) is 0 Å². The number of carbonyl (C=O) groups is 1. The third-order valence-electron chi connectivity index (χ3n) is 1.57. The molecule has 0 aliphatic heterocycles. The van der Waals surface area contributed by atoms with Gasteiger partial charge in [0.2, 0.25) is 0 Å². The van der Waals surface area contributed by atoms with Gasteiger partial charge in [0.15, 0.2) is 0 Å². The molecule has 72 valence electrons. The monoisotopic (exact) mass is 176 g/mol. The van der Waals surface area contributed by atoms with Gasteiger partial charge < -0.3 is 15.3 Å². The lowest BCUT2D eigenvalue weighted by Gasteiger charge is -2.08. The summed E-state index contributed by atoms with van der Waals surface area (Å²) in [7, 11) is 0. The van der Waals surface area contributed by atoms with Crippen molar-refractivity contribution in [2.75, 3.05) is 0 Å². The molecule has 0 aliphatic carbocycles. The van der Waals surface area contributed by atoms with E-state index in [9.17, 15) is 4.79 Å². The van der Waals surface area contributed by atoms with Crippen LogP contribution < -0.4 is 0 Å². The summed E-state index contributed by atoms with van der Waals surface area (Å²) in [4.78, 5) is 10.1. The Balaban J connectivity index is 3.31. The smallest absolute Gasteiger partial charge is 0.305 e. The van der Waals surface area contributed by atoms with E-state index in [1.807, 2.05) is 0 Å². The second kappa shape index (κ2) is 5.97. The Labute approximate surface area is 71.8 Å². The minimum absolute atomic E-state index is 0.209. The van der Waals surface area contributed by atoms with E-state index in [1.165, 1.54) is 0 Å². The van der Waals surface area contributed by atoms with Crippen molar-refractivity contribution in [3.05, 3.63) is 0 Å². The van der Waals surface area contributed by atoms with Crippen LogP contribution >= 0.6 is 0 Å². The summed E-state index contributed by atoms with van der Waals surface area (Å²) in [5.41, 5.74) is 0. The molecule has 0 spiro atoms.